The fourth-order valence-electron chi connectivity index (χ4n) is 2.72. The predicted octanol–water partition coefficient (Wildman–Crippen LogP) is 4.35. The first-order valence-electron chi connectivity index (χ1n) is 8.70. The van der Waals surface area contributed by atoms with Crippen LogP contribution in [0.2, 0.25) is 5.02 Å². The van der Waals surface area contributed by atoms with Crippen LogP contribution in [0.15, 0.2) is 36.4 Å². The van der Waals surface area contributed by atoms with E-state index >= 15 is 4.39 Å². The van der Waals surface area contributed by atoms with E-state index in [0.717, 1.165) is 0 Å². The van der Waals surface area contributed by atoms with Gasteiger partial charge in [0, 0.05) is 36.3 Å². The first kappa shape index (κ1) is 21.6. The van der Waals surface area contributed by atoms with E-state index in [1.807, 2.05) is 13.8 Å². The summed E-state index contributed by atoms with van der Waals surface area (Å²) in [6.07, 6.45) is 1.21. The van der Waals surface area contributed by atoms with Crippen LogP contribution < -0.4 is 15.4 Å². The largest absolute Gasteiger partial charge is 0.453 e. The summed E-state index contributed by atoms with van der Waals surface area (Å²) in [7, 11) is 0. The van der Waals surface area contributed by atoms with E-state index in [4.69, 9.17) is 16.3 Å². The van der Waals surface area contributed by atoms with Gasteiger partial charge in [-0.05, 0) is 31.5 Å². The van der Waals surface area contributed by atoms with E-state index in [1.165, 1.54) is 24.3 Å². The molecule has 0 aliphatic rings. The molecule has 2 aromatic carbocycles. The zero-order valence-corrected chi connectivity index (χ0v) is 16.2. The number of nitro benzene ring substituents is 1. The van der Waals surface area contributed by atoms with Gasteiger partial charge in [-0.15, -0.1) is 0 Å². The number of carbonyl (C=O) groups excluding carboxylic acids is 1. The van der Waals surface area contributed by atoms with Crippen molar-refractivity contribution in [1.82, 2.24) is 10.6 Å². The van der Waals surface area contributed by atoms with Crippen molar-refractivity contribution in [3.8, 4) is 11.5 Å². The highest BCUT2D eigenvalue weighted by Crippen LogP contribution is 2.37. The van der Waals surface area contributed by atoms with Crippen molar-refractivity contribution in [3.63, 3.8) is 0 Å². The van der Waals surface area contributed by atoms with Crippen molar-refractivity contribution >= 4 is 23.7 Å². The number of hydrogen-bond donors (Lipinski definition) is 2. The van der Waals surface area contributed by atoms with Gasteiger partial charge in [0.25, 0.3) is 5.69 Å². The van der Waals surface area contributed by atoms with Crippen molar-refractivity contribution in [1.29, 1.82) is 0 Å². The maximum atomic E-state index is 15.1. The summed E-state index contributed by atoms with van der Waals surface area (Å²) in [6.45, 7) is 4.19. The van der Waals surface area contributed by atoms with Crippen LogP contribution in [0.1, 0.15) is 31.9 Å². The molecule has 0 unspecified atom stereocenters. The second-order valence-electron chi connectivity index (χ2n) is 6.19. The number of nitrogens with one attached hydrogen (secondary N) is 2. The minimum atomic E-state index is -0.610. The zero-order chi connectivity index (χ0) is 20.7. The minimum Gasteiger partial charge on any atom is -0.453 e. The fraction of sp³-hybridized carbons (Fsp3) is 0.316. The van der Waals surface area contributed by atoms with E-state index in [1.54, 1.807) is 12.1 Å². The van der Waals surface area contributed by atoms with Crippen LogP contribution in [-0.2, 0) is 4.79 Å². The second-order valence-corrected chi connectivity index (χ2v) is 6.59. The Hall–Kier alpha value is -2.71. The van der Waals surface area contributed by atoms with Crippen LogP contribution >= 0.6 is 11.6 Å². The van der Waals surface area contributed by atoms with E-state index in [2.05, 4.69) is 10.6 Å². The molecule has 7 nitrogen and oxygen atoms in total. The molecule has 0 saturated heterocycles. The lowest BCUT2D eigenvalue weighted by Gasteiger charge is -2.24. The number of amides is 1. The normalized spacial score (nSPS) is 12.9. The Bertz CT molecular complexity index is 833. The Morgan fingerprint density at radius 3 is 2.54 bits per heavy atom. The Labute approximate surface area is 167 Å². The van der Waals surface area contributed by atoms with Gasteiger partial charge in [0.1, 0.15) is 5.75 Å². The van der Waals surface area contributed by atoms with Crippen molar-refractivity contribution in [2.45, 2.75) is 32.4 Å². The first-order chi connectivity index (χ1) is 13.4. The predicted molar refractivity (Wildman–Crippen MR) is 104 cm³/mol. The first-order valence-corrected chi connectivity index (χ1v) is 9.08. The highest BCUT2D eigenvalue weighted by atomic mass is 35.5. The van der Waals surface area contributed by atoms with Crippen molar-refractivity contribution in [2.24, 2.45) is 0 Å². The van der Waals surface area contributed by atoms with Gasteiger partial charge in [0.2, 0.25) is 6.41 Å². The highest BCUT2D eigenvalue weighted by molar-refractivity contribution is 6.32. The van der Waals surface area contributed by atoms with Crippen molar-refractivity contribution < 1.29 is 18.8 Å². The molecule has 0 radical (unpaired) electrons. The smallest absolute Gasteiger partial charge is 0.269 e. The lowest BCUT2D eigenvalue weighted by Crippen LogP contribution is -2.38. The van der Waals surface area contributed by atoms with Crippen LogP contribution in [0, 0.1) is 15.9 Å². The van der Waals surface area contributed by atoms with Gasteiger partial charge in [0.15, 0.2) is 11.6 Å². The molecule has 2 aromatic rings. The van der Waals surface area contributed by atoms with Gasteiger partial charge in [-0.1, -0.05) is 24.6 Å². The number of benzene rings is 2. The Kier molecular flexibility index (Phi) is 7.71. The summed E-state index contributed by atoms with van der Waals surface area (Å²) in [5, 5.41) is 16.7. The molecule has 28 heavy (non-hydrogen) atoms. The summed E-state index contributed by atoms with van der Waals surface area (Å²) in [4.78, 5) is 20.6. The number of ether oxygens (including phenoxy) is 1. The van der Waals surface area contributed by atoms with Gasteiger partial charge >= 0.3 is 0 Å². The van der Waals surface area contributed by atoms with Crippen LogP contribution in [-0.4, -0.2) is 23.9 Å². The monoisotopic (exact) mass is 409 g/mol. The summed E-state index contributed by atoms with van der Waals surface area (Å²) >= 11 is 6.11. The summed E-state index contributed by atoms with van der Waals surface area (Å²) < 4.78 is 20.7. The molecule has 9 heteroatoms. The summed E-state index contributed by atoms with van der Waals surface area (Å²) in [6, 6.07) is 8.02. The molecule has 0 fully saturated rings. The number of nitrogens with zero attached hydrogens (tertiary/aromatic N) is 1. The maximum Gasteiger partial charge on any atom is 0.269 e. The average molecular weight is 410 g/mol. The van der Waals surface area contributed by atoms with Crippen LogP contribution in [0.3, 0.4) is 0 Å². The molecular weight excluding hydrogens is 389 g/mol. The maximum absolute atomic E-state index is 15.1. The molecule has 0 heterocycles. The number of halogens is 2. The molecule has 150 valence electrons. The molecule has 1 amide bonds. The van der Waals surface area contributed by atoms with Gasteiger partial charge in [-0.3, -0.25) is 14.9 Å². The van der Waals surface area contributed by atoms with Gasteiger partial charge in [-0.2, -0.15) is 0 Å². The van der Waals surface area contributed by atoms with Crippen molar-refractivity contribution in [3.05, 3.63) is 62.9 Å². The van der Waals surface area contributed by atoms with Crippen LogP contribution in [0.25, 0.3) is 0 Å². The van der Waals surface area contributed by atoms with Gasteiger partial charge < -0.3 is 15.4 Å². The number of carbonyl (C=O) groups is 1. The standard InChI is InChI=1S/C19H21ClFN3O4/c1-3-17(23-12(2)10-22-11-25)15-8-9-16(20)19(18(15)21)28-14-6-4-13(5-7-14)24(26)27/h4-9,11-12,17,23H,3,10H2,1-2H3,(H,22,25)/t12-,17+/m0/s1. The van der Waals surface area contributed by atoms with E-state index in [-0.39, 0.29) is 34.3 Å². The highest BCUT2D eigenvalue weighted by Gasteiger charge is 2.22. The van der Waals surface area contributed by atoms with Crippen LogP contribution in [0.5, 0.6) is 11.5 Å². The Morgan fingerprint density at radius 1 is 1.29 bits per heavy atom. The number of nitro groups is 1. The molecule has 0 aliphatic heterocycles. The number of hydrogen-bond acceptors (Lipinski definition) is 5. The quantitative estimate of drug-likeness (QED) is 0.345. The molecule has 0 saturated carbocycles. The van der Waals surface area contributed by atoms with E-state index in [0.29, 0.717) is 24.9 Å². The van der Waals surface area contributed by atoms with Gasteiger partial charge in [0.05, 0.1) is 9.95 Å². The average Bonchev–Trinajstić information content (AvgIpc) is 2.68. The number of rotatable bonds is 10. The Morgan fingerprint density at radius 2 is 1.96 bits per heavy atom. The van der Waals surface area contributed by atoms with Crippen LogP contribution in [0.4, 0.5) is 10.1 Å². The summed E-state index contributed by atoms with van der Waals surface area (Å²) in [5.74, 6) is -0.527. The van der Waals surface area contributed by atoms with E-state index in [9.17, 15) is 14.9 Å². The molecule has 0 spiro atoms. The summed E-state index contributed by atoms with van der Waals surface area (Å²) in [5.41, 5.74) is 0.280. The van der Waals surface area contributed by atoms with Gasteiger partial charge in [-0.25, -0.2) is 4.39 Å². The molecule has 2 rings (SSSR count). The minimum absolute atomic E-state index is 0.0794. The molecular formula is C19H21ClFN3O4. The second kappa shape index (κ2) is 10.0. The SMILES string of the molecule is CC[C@@H](N[C@@H](C)CNC=O)c1ccc(Cl)c(Oc2ccc([N+](=O)[O-])cc2)c1F. The number of non-ortho nitro benzene ring substituents is 1. The topological polar surface area (TPSA) is 93.5 Å². The Balaban J connectivity index is 2.26. The lowest BCUT2D eigenvalue weighted by atomic mass is 10.0. The fourth-order valence-corrected chi connectivity index (χ4v) is 2.90. The third kappa shape index (κ3) is 5.40. The molecule has 0 aromatic heterocycles. The van der Waals surface area contributed by atoms with Crippen molar-refractivity contribution in [2.75, 3.05) is 6.54 Å². The zero-order valence-electron chi connectivity index (χ0n) is 15.4. The third-order valence-electron chi connectivity index (χ3n) is 4.12. The molecule has 0 aliphatic carbocycles. The molecule has 0 bridgehead atoms. The third-order valence-corrected chi connectivity index (χ3v) is 4.42. The molecule has 2 atom stereocenters. The van der Waals surface area contributed by atoms with E-state index < -0.39 is 10.7 Å². The lowest BCUT2D eigenvalue weighted by molar-refractivity contribution is -0.384. The molecule has 2 N–H and O–H groups in total.